The first-order valence-corrected chi connectivity index (χ1v) is 7.10. The van der Waals surface area contributed by atoms with E-state index in [-0.39, 0.29) is 11.6 Å². The normalized spacial score (nSPS) is 16.4. The molecule has 1 aliphatic rings. The van der Waals surface area contributed by atoms with Crippen LogP contribution in [0.3, 0.4) is 0 Å². The molecule has 0 radical (unpaired) electrons. The number of hydrogen-bond donors (Lipinski definition) is 2. The van der Waals surface area contributed by atoms with Crippen LogP contribution < -0.4 is 5.32 Å². The number of nitrogens with one attached hydrogen (secondary N) is 1. The molecule has 2 rings (SSSR count). The van der Waals surface area contributed by atoms with Crippen molar-refractivity contribution in [1.82, 2.24) is 20.3 Å². The largest absolute Gasteiger partial charge is 0.476 e. The Balaban J connectivity index is 2.11. The molecule has 0 saturated carbocycles. The molecule has 1 aromatic heterocycles. The molecule has 1 fully saturated rings. The quantitative estimate of drug-likeness (QED) is 0.721. The minimum Gasteiger partial charge on any atom is -0.476 e. The lowest BCUT2D eigenvalue weighted by atomic mass is 9.93. The molecule has 0 aliphatic carbocycles. The second-order valence-electron chi connectivity index (χ2n) is 5.08. The summed E-state index contributed by atoms with van der Waals surface area (Å²) in [5, 5.41) is 20.4. The molecular weight excluding hydrogens is 260 g/mol. The van der Waals surface area contributed by atoms with Crippen LogP contribution in [-0.4, -0.2) is 52.9 Å². The second-order valence-corrected chi connectivity index (χ2v) is 5.08. The maximum atomic E-state index is 11.3. The molecule has 1 saturated heterocycles. The first kappa shape index (κ1) is 14.9. The molecule has 112 valence electrons. The maximum absolute atomic E-state index is 11.3. The first-order valence-electron chi connectivity index (χ1n) is 7.10. The number of piperidine rings is 1. The molecule has 0 amide bonds. The fourth-order valence-electron chi connectivity index (χ4n) is 2.65. The summed E-state index contributed by atoms with van der Waals surface area (Å²) >= 11 is 0. The van der Waals surface area contributed by atoms with Crippen molar-refractivity contribution >= 4 is 5.97 Å². The van der Waals surface area contributed by atoms with Gasteiger partial charge in [0.05, 0.1) is 5.69 Å². The Morgan fingerprint density at radius 1 is 1.45 bits per heavy atom. The lowest BCUT2D eigenvalue weighted by Crippen LogP contribution is -2.28. The number of aryl methyl sites for hydroxylation is 1. The Morgan fingerprint density at radius 3 is 2.85 bits per heavy atom. The highest BCUT2D eigenvalue weighted by atomic mass is 16.5. The van der Waals surface area contributed by atoms with Gasteiger partial charge in [-0.1, -0.05) is 5.21 Å². The SMILES string of the molecule is COCCCCn1nnc(C(=O)O)c1C1CCNCC1. The highest BCUT2D eigenvalue weighted by Crippen LogP contribution is 2.27. The van der Waals surface area contributed by atoms with Crippen LogP contribution in [0.5, 0.6) is 0 Å². The number of carboxylic acid groups (broad SMARTS) is 1. The molecule has 7 nitrogen and oxygen atoms in total. The van der Waals surface area contributed by atoms with Crippen LogP contribution in [0.1, 0.15) is 47.8 Å². The number of rotatable bonds is 7. The summed E-state index contributed by atoms with van der Waals surface area (Å²) in [5.74, 6) is -0.749. The number of aromatic carboxylic acids is 1. The van der Waals surface area contributed by atoms with Gasteiger partial charge in [0, 0.05) is 26.2 Å². The van der Waals surface area contributed by atoms with Crippen molar-refractivity contribution in [2.24, 2.45) is 0 Å². The van der Waals surface area contributed by atoms with Crippen molar-refractivity contribution in [1.29, 1.82) is 0 Å². The monoisotopic (exact) mass is 282 g/mol. The van der Waals surface area contributed by atoms with E-state index in [2.05, 4.69) is 15.6 Å². The van der Waals surface area contributed by atoms with Gasteiger partial charge in [0.1, 0.15) is 0 Å². The molecule has 1 aromatic rings. The van der Waals surface area contributed by atoms with Gasteiger partial charge in [-0.05, 0) is 38.8 Å². The zero-order valence-corrected chi connectivity index (χ0v) is 11.8. The van der Waals surface area contributed by atoms with E-state index >= 15 is 0 Å². The summed E-state index contributed by atoms with van der Waals surface area (Å²) in [4.78, 5) is 11.3. The number of ether oxygens (including phenoxy) is 1. The molecule has 0 atom stereocenters. The first-order chi connectivity index (χ1) is 9.74. The van der Waals surface area contributed by atoms with E-state index in [4.69, 9.17) is 4.74 Å². The standard InChI is InChI=1S/C13H22N4O3/c1-20-9-3-2-8-17-12(10-4-6-14-7-5-10)11(13(18)19)15-16-17/h10,14H,2-9H2,1H3,(H,18,19). The predicted octanol–water partition coefficient (Wildman–Crippen LogP) is 0.870. The summed E-state index contributed by atoms with van der Waals surface area (Å²) in [6.45, 7) is 3.24. The number of hydrogen-bond acceptors (Lipinski definition) is 5. The molecule has 2 N–H and O–H groups in total. The number of aromatic nitrogens is 3. The third kappa shape index (κ3) is 3.55. The van der Waals surface area contributed by atoms with Crippen LogP contribution in [0, 0.1) is 0 Å². The average Bonchev–Trinajstić information content (AvgIpc) is 2.88. The van der Waals surface area contributed by atoms with Crippen LogP contribution in [-0.2, 0) is 11.3 Å². The van der Waals surface area contributed by atoms with Crippen LogP contribution in [0.15, 0.2) is 0 Å². The summed E-state index contributed by atoms with van der Waals surface area (Å²) in [6, 6.07) is 0. The van der Waals surface area contributed by atoms with Gasteiger partial charge in [-0.3, -0.25) is 0 Å². The lowest BCUT2D eigenvalue weighted by molar-refractivity contribution is 0.0688. The van der Waals surface area contributed by atoms with E-state index in [0.717, 1.165) is 44.5 Å². The number of carbonyl (C=O) groups is 1. The molecule has 0 unspecified atom stereocenters. The van der Waals surface area contributed by atoms with E-state index in [1.807, 2.05) is 0 Å². The van der Waals surface area contributed by atoms with Crippen LogP contribution in [0.25, 0.3) is 0 Å². The predicted molar refractivity (Wildman–Crippen MR) is 72.9 cm³/mol. The molecule has 0 aromatic carbocycles. The Hall–Kier alpha value is -1.47. The van der Waals surface area contributed by atoms with Gasteiger partial charge in [-0.2, -0.15) is 0 Å². The fraction of sp³-hybridized carbons (Fsp3) is 0.769. The Labute approximate surface area is 118 Å². The lowest BCUT2D eigenvalue weighted by Gasteiger charge is -2.23. The molecule has 0 bridgehead atoms. The van der Waals surface area contributed by atoms with Crippen molar-refractivity contribution in [2.45, 2.75) is 38.1 Å². The van der Waals surface area contributed by atoms with Gasteiger partial charge in [-0.25, -0.2) is 9.48 Å². The van der Waals surface area contributed by atoms with Crippen LogP contribution in [0.4, 0.5) is 0 Å². The van der Waals surface area contributed by atoms with Crippen LogP contribution >= 0.6 is 0 Å². The second kappa shape index (κ2) is 7.35. The third-order valence-corrected chi connectivity index (χ3v) is 3.67. The molecule has 1 aliphatic heterocycles. The summed E-state index contributed by atoms with van der Waals surface area (Å²) < 4.78 is 6.80. The topological polar surface area (TPSA) is 89.3 Å². The maximum Gasteiger partial charge on any atom is 0.358 e. The van der Waals surface area contributed by atoms with E-state index in [1.165, 1.54) is 0 Å². The Bertz CT molecular complexity index is 441. The van der Waals surface area contributed by atoms with Crippen molar-refractivity contribution in [3.63, 3.8) is 0 Å². The van der Waals surface area contributed by atoms with Gasteiger partial charge in [0.25, 0.3) is 0 Å². The number of nitrogens with zero attached hydrogens (tertiary/aromatic N) is 3. The molecule has 2 heterocycles. The van der Waals surface area contributed by atoms with Gasteiger partial charge in [0.2, 0.25) is 0 Å². The van der Waals surface area contributed by atoms with Crippen molar-refractivity contribution in [3.05, 3.63) is 11.4 Å². The highest BCUT2D eigenvalue weighted by Gasteiger charge is 2.27. The summed E-state index contributed by atoms with van der Waals surface area (Å²) in [5.41, 5.74) is 0.903. The van der Waals surface area contributed by atoms with Gasteiger partial charge in [-0.15, -0.1) is 5.10 Å². The van der Waals surface area contributed by atoms with Crippen LogP contribution in [0.2, 0.25) is 0 Å². The number of methoxy groups -OCH3 is 1. The average molecular weight is 282 g/mol. The molecule has 7 heteroatoms. The third-order valence-electron chi connectivity index (χ3n) is 3.67. The zero-order valence-electron chi connectivity index (χ0n) is 11.8. The van der Waals surface area contributed by atoms with Crippen molar-refractivity contribution in [3.8, 4) is 0 Å². The van der Waals surface area contributed by atoms with E-state index in [1.54, 1.807) is 11.8 Å². The van der Waals surface area contributed by atoms with E-state index < -0.39 is 5.97 Å². The Morgan fingerprint density at radius 2 is 2.20 bits per heavy atom. The van der Waals surface area contributed by atoms with Gasteiger partial charge < -0.3 is 15.2 Å². The molecular formula is C13H22N4O3. The van der Waals surface area contributed by atoms with Gasteiger partial charge in [0.15, 0.2) is 5.69 Å². The number of carboxylic acids is 1. The molecule has 20 heavy (non-hydrogen) atoms. The molecule has 0 spiro atoms. The fourth-order valence-corrected chi connectivity index (χ4v) is 2.65. The smallest absolute Gasteiger partial charge is 0.358 e. The minimum atomic E-state index is -0.985. The highest BCUT2D eigenvalue weighted by molar-refractivity contribution is 5.86. The Kier molecular flexibility index (Phi) is 5.49. The minimum absolute atomic E-state index is 0.114. The van der Waals surface area contributed by atoms with Gasteiger partial charge >= 0.3 is 5.97 Å². The zero-order chi connectivity index (χ0) is 14.4. The van der Waals surface area contributed by atoms with E-state index in [0.29, 0.717) is 13.2 Å². The van der Waals surface area contributed by atoms with Crippen molar-refractivity contribution in [2.75, 3.05) is 26.8 Å². The van der Waals surface area contributed by atoms with E-state index in [9.17, 15) is 9.90 Å². The van der Waals surface area contributed by atoms with Crippen molar-refractivity contribution < 1.29 is 14.6 Å². The number of unbranched alkanes of at least 4 members (excludes halogenated alkanes) is 1. The summed E-state index contributed by atoms with van der Waals surface area (Å²) in [7, 11) is 1.68. The summed E-state index contributed by atoms with van der Waals surface area (Å²) in [6.07, 6.45) is 3.72.